The fraction of sp³-hybridized carbons (Fsp3) is 0.435. The minimum atomic E-state index is -0.587. The summed E-state index contributed by atoms with van der Waals surface area (Å²) in [5.74, 6) is -0.723. The van der Waals surface area contributed by atoms with Crippen LogP contribution in [0.2, 0.25) is 0 Å². The monoisotopic (exact) mass is 522 g/mol. The molecule has 1 saturated heterocycles. The minimum absolute atomic E-state index is 0.201. The maximum atomic E-state index is 14.8. The number of nitrogens with zero attached hydrogens (tertiary/aromatic N) is 5. The molecule has 2 amide bonds. The molecule has 1 fully saturated rings. The number of hydrogen-bond acceptors (Lipinski definition) is 10. The van der Waals surface area contributed by atoms with Gasteiger partial charge in [0.15, 0.2) is 6.29 Å². The van der Waals surface area contributed by atoms with Gasteiger partial charge in [-0.3, -0.25) is 14.5 Å². The van der Waals surface area contributed by atoms with Gasteiger partial charge in [-0.1, -0.05) is 13.8 Å². The van der Waals surface area contributed by atoms with Crippen molar-refractivity contribution >= 4 is 52.5 Å². The van der Waals surface area contributed by atoms with Gasteiger partial charge in [0.1, 0.15) is 24.0 Å². The van der Waals surface area contributed by atoms with Crippen molar-refractivity contribution in [1.82, 2.24) is 10.3 Å². The van der Waals surface area contributed by atoms with Crippen LogP contribution < -0.4 is 20.1 Å². The molecular weight excluding hydrogens is 491 g/mol. The number of nitrogens with one attached hydrogen (secondary N) is 1. The molecule has 1 atom stereocenters. The number of aromatic nitrogens is 1. The second-order valence-corrected chi connectivity index (χ2v) is 8.15. The van der Waals surface area contributed by atoms with Crippen LogP contribution in [0.4, 0.5) is 25.7 Å². The average molecular weight is 523 g/mol. The van der Waals surface area contributed by atoms with Crippen molar-refractivity contribution in [3.05, 3.63) is 35.1 Å². The highest BCUT2D eigenvalue weighted by Gasteiger charge is 2.33. The van der Waals surface area contributed by atoms with Gasteiger partial charge in [-0.15, -0.1) is 11.3 Å². The Morgan fingerprint density at radius 2 is 2.06 bits per heavy atom. The molecule has 11 nitrogen and oxygen atoms in total. The van der Waals surface area contributed by atoms with Gasteiger partial charge < -0.3 is 19.7 Å². The van der Waals surface area contributed by atoms with Crippen LogP contribution in [-0.4, -0.2) is 76.1 Å². The number of anilines is 3. The van der Waals surface area contributed by atoms with Crippen LogP contribution in [0.25, 0.3) is 0 Å². The number of halogens is 1. The maximum absolute atomic E-state index is 14.8. The summed E-state index contributed by atoms with van der Waals surface area (Å²) < 4.78 is 24.3. The van der Waals surface area contributed by atoms with E-state index in [0.29, 0.717) is 41.6 Å². The summed E-state index contributed by atoms with van der Waals surface area (Å²) in [4.78, 5) is 41.1. The molecule has 0 saturated carbocycles. The summed E-state index contributed by atoms with van der Waals surface area (Å²) in [6.07, 6.45) is 1.09. The lowest BCUT2D eigenvalue weighted by Gasteiger charge is -2.29. The number of benzene rings is 1. The van der Waals surface area contributed by atoms with Gasteiger partial charge in [-0.05, 0) is 18.2 Å². The van der Waals surface area contributed by atoms with Gasteiger partial charge >= 0.3 is 6.09 Å². The van der Waals surface area contributed by atoms with Gasteiger partial charge in [0, 0.05) is 33.1 Å². The number of methoxy groups -OCH3 is 1. The lowest BCUT2D eigenvalue weighted by Crippen LogP contribution is -2.38. The first kappa shape index (κ1) is 28.7. The second kappa shape index (κ2) is 14.1. The molecule has 2 aliphatic heterocycles. The van der Waals surface area contributed by atoms with E-state index in [9.17, 15) is 18.8 Å². The first-order valence-electron chi connectivity index (χ1n) is 11.3. The van der Waals surface area contributed by atoms with Crippen molar-refractivity contribution in [3.8, 4) is 0 Å². The number of thiazole rings is 1. The molecule has 0 aliphatic carbocycles. The summed E-state index contributed by atoms with van der Waals surface area (Å²) >= 11 is 1.31. The third kappa shape index (κ3) is 7.46. The summed E-state index contributed by atoms with van der Waals surface area (Å²) in [7, 11) is 3.25. The number of ether oxygens (including phenoxy) is 2. The Kier molecular flexibility index (Phi) is 11.2. The number of amides is 2. The zero-order valence-corrected chi connectivity index (χ0v) is 21.7. The van der Waals surface area contributed by atoms with E-state index in [4.69, 9.17) is 4.74 Å². The summed E-state index contributed by atoms with van der Waals surface area (Å²) in [5.41, 5.74) is 1.04. The SMILES string of the molecule is CC.CC(=O)NCC1CN(c2ccc(N3C=NN(c4nc(C=O)cs4)CC3)c(F)c2)C(=O)O1.COC. The van der Waals surface area contributed by atoms with Crippen molar-refractivity contribution in [2.75, 3.05) is 55.2 Å². The Bertz CT molecular complexity index is 1070. The first-order chi connectivity index (χ1) is 17.4. The van der Waals surface area contributed by atoms with E-state index in [2.05, 4.69) is 20.1 Å². The molecular formula is C23H31FN6O5S. The van der Waals surface area contributed by atoms with Crippen LogP contribution in [-0.2, 0) is 14.3 Å². The van der Waals surface area contributed by atoms with Crippen molar-refractivity contribution in [2.24, 2.45) is 5.10 Å². The van der Waals surface area contributed by atoms with Gasteiger partial charge in [-0.2, -0.15) is 5.10 Å². The fourth-order valence-electron chi connectivity index (χ4n) is 3.21. The molecule has 0 bridgehead atoms. The topological polar surface area (TPSA) is 117 Å². The number of cyclic esters (lactones) is 1. The molecule has 196 valence electrons. The molecule has 2 aromatic rings. The van der Waals surface area contributed by atoms with Crippen molar-refractivity contribution in [3.63, 3.8) is 0 Å². The predicted octanol–water partition coefficient (Wildman–Crippen LogP) is 3.11. The van der Waals surface area contributed by atoms with Crippen molar-refractivity contribution in [2.45, 2.75) is 26.9 Å². The highest BCUT2D eigenvalue weighted by atomic mass is 32.1. The summed E-state index contributed by atoms with van der Waals surface area (Å²) in [6, 6.07) is 4.49. The summed E-state index contributed by atoms with van der Waals surface area (Å²) in [6.45, 7) is 6.72. The van der Waals surface area contributed by atoms with E-state index >= 15 is 0 Å². The van der Waals surface area contributed by atoms with Crippen LogP contribution in [0.1, 0.15) is 31.3 Å². The molecule has 1 aromatic heterocycles. The molecule has 1 aromatic carbocycles. The Balaban J connectivity index is 0.000000850. The van der Waals surface area contributed by atoms with E-state index in [1.807, 2.05) is 13.8 Å². The van der Waals surface area contributed by atoms with E-state index < -0.39 is 18.0 Å². The largest absolute Gasteiger partial charge is 0.442 e. The number of rotatable bonds is 6. The van der Waals surface area contributed by atoms with Crippen LogP contribution in [0.5, 0.6) is 0 Å². The number of aldehydes is 1. The van der Waals surface area contributed by atoms with Crippen LogP contribution in [0, 0.1) is 5.82 Å². The Morgan fingerprint density at radius 3 is 2.61 bits per heavy atom. The van der Waals surface area contributed by atoms with E-state index in [0.717, 1.165) is 0 Å². The normalized spacial score (nSPS) is 16.4. The van der Waals surface area contributed by atoms with Crippen LogP contribution in [0.3, 0.4) is 0 Å². The third-order valence-electron chi connectivity index (χ3n) is 4.74. The van der Waals surface area contributed by atoms with Crippen LogP contribution >= 0.6 is 11.3 Å². The third-order valence-corrected chi connectivity index (χ3v) is 5.61. The van der Waals surface area contributed by atoms with E-state index in [-0.39, 0.29) is 19.0 Å². The fourth-order valence-corrected chi connectivity index (χ4v) is 3.96. The predicted molar refractivity (Wildman–Crippen MR) is 138 cm³/mol. The van der Waals surface area contributed by atoms with Gasteiger partial charge in [0.2, 0.25) is 11.0 Å². The van der Waals surface area contributed by atoms with E-state index in [1.54, 1.807) is 41.6 Å². The van der Waals surface area contributed by atoms with Crippen LogP contribution in [0.15, 0.2) is 28.7 Å². The molecule has 1 unspecified atom stereocenters. The lowest BCUT2D eigenvalue weighted by molar-refractivity contribution is -0.119. The Labute approximate surface area is 213 Å². The maximum Gasteiger partial charge on any atom is 0.414 e. The molecule has 0 radical (unpaired) electrons. The van der Waals surface area contributed by atoms with Crippen molar-refractivity contribution < 1.29 is 28.2 Å². The van der Waals surface area contributed by atoms with Gasteiger partial charge in [0.05, 0.1) is 31.0 Å². The lowest BCUT2D eigenvalue weighted by atomic mass is 10.2. The molecule has 36 heavy (non-hydrogen) atoms. The second-order valence-electron chi connectivity index (χ2n) is 7.32. The standard InChI is InChI=1S/C19H19FN6O4S.C2H6O.C2H6/c1-12(28)21-7-15-8-25(19(29)30-15)14-2-3-17(16(20)6-14)24-4-5-26(22-11-24)18-23-13(9-27)10-31-18;1-3-2;1-2/h2-3,6,9-11,15H,4-5,7-8H2,1H3,(H,21,28);1-2H3;1-2H3. The zero-order valence-electron chi connectivity index (χ0n) is 20.9. The summed E-state index contributed by atoms with van der Waals surface area (Å²) in [5, 5.41) is 10.8. The molecule has 0 spiro atoms. The molecule has 1 N–H and O–H groups in total. The number of hydrogen-bond donors (Lipinski definition) is 1. The highest BCUT2D eigenvalue weighted by Crippen LogP contribution is 2.29. The smallest absolute Gasteiger partial charge is 0.414 e. The van der Waals surface area contributed by atoms with E-state index in [1.165, 1.54) is 35.6 Å². The molecule has 3 heterocycles. The van der Waals surface area contributed by atoms with Crippen molar-refractivity contribution in [1.29, 1.82) is 0 Å². The zero-order chi connectivity index (χ0) is 26.7. The van der Waals surface area contributed by atoms with Gasteiger partial charge in [0.25, 0.3) is 0 Å². The number of carbonyl (C=O) groups is 3. The number of carbonyl (C=O) groups excluding carboxylic acids is 3. The quantitative estimate of drug-likeness (QED) is 0.576. The molecule has 4 rings (SSSR count). The molecule has 13 heteroatoms. The first-order valence-corrected chi connectivity index (χ1v) is 12.2. The highest BCUT2D eigenvalue weighted by molar-refractivity contribution is 7.13. The Hall–Kier alpha value is -3.58. The number of hydrazone groups is 1. The van der Waals surface area contributed by atoms with Gasteiger partial charge in [-0.25, -0.2) is 19.2 Å². The Morgan fingerprint density at radius 1 is 1.33 bits per heavy atom. The average Bonchev–Trinajstić information content (AvgIpc) is 3.51. The minimum Gasteiger partial charge on any atom is -0.442 e. The molecule has 2 aliphatic rings.